The zero-order valence-corrected chi connectivity index (χ0v) is 11.7. The number of hydrogen-bond acceptors (Lipinski definition) is 3. The zero-order valence-electron chi connectivity index (χ0n) is 11.7. The molecule has 3 N–H and O–H groups in total. The Kier molecular flexibility index (Phi) is 3.04. The molecule has 7 heteroatoms. The van der Waals surface area contributed by atoms with Crippen LogP contribution in [-0.2, 0) is 4.79 Å². The Hall–Kier alpha value is -2.57. The lowest BCUT2D eigenvalue weighted by Gasteiger charge is -2.21. The van der Waals surface area contributed by atoms with Gasteiger partial charge in [0.05, 0.1) is 5.41 Å². The molecule has 3 rings (SSSR count). The fraction of sp³-hybridized carbons (Fsp3) is 0.357. The number of rotatable bonds is 2. The molecule has 1 fully saturated rings. The summed E-state index contributed by atoms with van der Waals surface area (Å²) in [6.45, 7) is 2.65. The van der Waals surface area contributed by atoms with E-state index in [-0.39, 0.29) is 11.9 Å². The third-order valence-corrected chi connectivity index (χ3v) is 4.02. The number of likely N-dealkylation sites (tertiary alicyclic amines) is 1. The summed E-state index contributed by atoms with van der Waals surface area (Å²) in [5, 5.41) is 2.85. The van der Waals surface area contributed by atoms with E-state index < -0.39 is 5.41 Å². The van der Waals surface area contributed by atoms with Gasteiger partial charge in [-0.1, -0.05) is 6.07 Å². The largest absolute Gasteiger partial charge is 0.369 e. The van der Waals surface area contributed by atoms with Crippen LogP contribution in [0.4, 0.5) is 10.6 Å². The Morgan fingerprint density at radius 2 is 2.24 bits per heavy atom. The molecule has 1 saturated heterocycles. The van der Waals surface area contributed by atoms with Gasteiger partial charge in [-0.3, -0.25) is 14.5 Å². The maximum Gasteiger partial charge on any atom is 0.323 e. The van der Waals surface area contributed by atoms with E-state index in [1.54, 1.807) is 34.7 Å². The van der Waals surface area contributed by atoms with Gasteiger partial charge in [-0.2, -0.15) is 0 Å². The number of imidazole rings is 1. The van der Waals surface area contributed by atoms with Gasteiger partial charge in [-0.25, -0.2) is 9.78 Å². The molecule has 1 unspecified atom stereocenters. The van der Waals surface area contributed by atoms with E-state index in [1.165, 1.54) is 0 Å². The van der Waals surface area contributed by atoms with Crippen LogP contribution in [0.2, 0.25) is 0 Å². The van der Waals surface area contributed by atoms with Gasteiger partial charge >= 0.3 is 6.03 Å². The van der Waals surface area contributed by atoms with Crippen molar-refractivity contribution in [1.82, 2.24) is 14.3 Å². The number of urea groups is 1. The number of aromatic nitrogens is 2. The number of amides is 3. The minimum Gasteiger partial charge on any atom is -0.369 e. The maximum absolute atomic E-state index is 12.3. The number of carbonyl (C=O) groups is 2. The van der Waals surface area contributed by atoms with Crippen LogP contribution >= 0.6 is 0 Å². The number of nitrogens with two attached hydrogens (primary N) is 1. The van der Waals surface area contributed by atoms with Crippen LogP contribution < -0.4 is 11.1 Å². The molecule has 3 heterocycles. The van der Waals surface area contributed by atoms with E-state index in [0.717, 1.165) is 5.65 Å². The van der Waals surface area contributed by atoms with Crippen LogP contribution in [0.3, 0.4) is 0 Å². The topological polar surface area (TPSA) is 92.7 Å². The van der Waals surface area contributed by atoms with Crippen LogP contribution in [0, 0.1) is 5.41 Å². The van der Waals surface area contributed by atoms with Crippen LogP contribution in [0.25, 0.3) is 5.65 Å². The normalized spacial score (nSPS) is 21.7. The Morgan fingerprint density at radius 1 is 1.43 bits per heavy atom. The lowest BCUT2D eigenvalue weighted by atomic mass is 9.89. The third-order valence-electron chi connectivity index (χ3n) is 4.02. The van der Waals surface area contributed by atoms with Crippen molar-refractivity contribution in [3.8, 4) is 0 Å². The average Bonchev–Trinajstić information content (AvgIpc) is 3.06. The molecule has 0 bridgehead atoms. The first-order valence-electron chi connectivity index (χ1n) is 6.77. The minimum absolute atomic E-state index is 0.235. The smallest absolute Gasteiger partial charge is 0.323 e. The van der Waals surface area contributed by atoms with E-state index in [2.05, 4.69) is 10.3 Å². The zero-order chi connectivity index (χ0) is 15.0. The van der Waals surface area contributed by atoms with Gasteiger partial charge in [0.15, 0.2) is 0 Å². The predicted octanol–water partition coefficient (Wildman–Crippen LogP) is 1.06. The second-order valence-corrected chi connectivity index (χ2v) is 5.59. The number of anilines is 1. The van der Waals surface area contributed by atoms with Gasteiger partial charge in [0.2, 0.25) is 5.91 Å². The molecule has 2 aromatic rings. The Balaban J connectivity index is 1.76. The summed E-state index contributed by atoms with van der Waals surface area (Å²) < 4.78 is 1.79. The quantitative estimate of drug-likeness (QED) is 0.865. The van der Waals surface area contributed by atoms with E-state index in [0.29, 0.717) is 25.3 Å². The summed E-state index contributed by atoms with van der Waals surface area (Å²) in [7, 11) is 0. The summed E-state index contributed by atoms with van der Waals surface area (Å²) in [5.41, 5.74) is 5.52. The van der Waals surface area contributed by atoms with Crippen molar-refractivity contribution >= 4 is 23.4 Å². The SMILES string of the molecule is CC1(C(N)=O)CCN(C(=O)Nc2cccc3nccn23)C1. The highest BCUT2D eigenvalue weighted by Gasteiger charge is 2.40. The highest BCUT2D eigenvalue weighted by atomic mass is 16.2. The Labute approximate surface area is 121 Å². The first kappa shape index (κ1) is 13.4. The molecular formula is C14H17N5O2. The van der Waals surface area contributed by atoms with E-state index in [1.807, 2.05) is 12.1 Å². The minimum atomic E-state index is -0.641. The monoisotopic (exact) mass is 287 g/mol. The molecule has 110 valence electrons. The fourth-order valence-electron chi connectivity index (χ4n) is 2.57. The number of pyridine rings is 1. The van der Waals surface area contributed by atoms with Crippen LogP contribution in [-0.4, -0.2) is 39.3 Å². The molecule has 1 atom stereocenters. The highest BCUT2D eigenvalue weighted by molar-refractivity contribution is 5.90. The first-order valence-corrected chi connectivity index (χ1v) is 6.77. The van der Waals surface area contributed by atoms with Gasteiger partial charge in [-0.15, -0.1) is 0 Å². The molecule has 1 aliphatic heterocycles. The molecular weight excluding hydrogens is 270 g/mol. The average molecular weight is 287 g/mol. The second kappa shape index (κ2) is 4.76. The first-order chi connectivity index (χ1) is 9.99. The molecule has 0 aromatic carbocycles. The van der Waals surface area contributed by atoms with Gasteiger partial charge in [0.25, 0.3) is 0 Å². The third kappa shape index (κ3) is 2.31. The molecule has 2 aromatic heterocycles. The molecule has 0 saturated carbocycles. The van der Waals surface area contributed by atoms with Crippen molar-refractivity contribution in [2.75, 3.05) is 18.4 Å². The fourth-order valence-corrected chi connectivity index (χ4v) is 2.57. The van der Waals surface area contributed by atoms with Gasteiger partial charge in [0, 0.05) is 25.5 Å². The molecule has 1 aliphatic rings. The van der Waals surface area contributed by atoms with E-state index >= 15 is 0 Å². The van der Waals surface area contributed by atoms with Crippen molar-refractivity contribution < 1.29 is 9.59 Å². The number of fused-ring (bicyclic) bond motifs is 1. The van der Waals surface area contributed by atoms with Gasteiger partial charge in [-0.05, 0) is 25.5 Å². The van der Waals surface area contributed by atoms with Crippen LogP contribution in [0.5, 0.6) is 0 Å². The van der Waals surface area contributed by atoms with Crippen molar-refractivity contribution in [3.05, 3.63) is 30.6 Å². The predicted molar refractivity (Wildman–Crippen MR) is 77.7 cm³/mol. The summed E-state index contributed by atoms with van der Waals surface area (Å²) in [6.07, 6.45) is 4.04. The Bertz CT molecular complexity index is 710. The number of nitrogens with one attached hydrogen (secondary N) is 1. The number of primary amides is 1. The molecule has 7 nitrogen and oxygen atoms in total. The van der Waals surface area contributed by atoms with E-state index in [4.69, 9.17) is 5.73 Å². The maximum atomic E-state index is 12.3. The van der Waals surface area contributed by atoms with E-state index in [9.17, 15) is 9.59 Å². The van der Waals surface area contributed by atoms with Crippen LogP contribution in [0.1, 0.15) is 13.3 Å². The highest BCUT2D eigenvalue weighted by Crippen LogP contribution is 2.29. The van der Waals surface area contributed by atoms with Crippen molar-refractivity contribution in [2.45, 2.75) is 13.3 Å². The standard InChI is InChI=1S/C14H17N5O2/c1-14(12(15)20)5-7-18(9-14)13(21)17-11-4-2-3-10-16-6-8-19(10)11/h2-4,6,8H,5,7,9H2,1H3,(H2,15,20)(H,17,21). The van der Waals surface area contributed by atoms with Gasteiger partial charge in [0.1, 0.15) is 11.5 Å². The molecule has 3 amide bonds. The van der Waals surface area contributed by atoms with Gasteiger partial charge < -0.3 is 10.6 Å². The molecule has 21 heavy (non-hydrogen) atoms. The molecule has 0 radical (unpaired) electrons. The summed E-state index contributed by atoms with van der Waals surface area (Å²) in [6, 6.07) is 5.25. The van der Waals surface area contributed by atoms with Crippen molar-refractivity contribution in [2.24, 2.45) is 11.1 Å². The lowest BCUT2D eigenvalue weighted by molar-refractivity contribution is -0.126. The number of hydrogen-bond donors (Lipinski definition) is 2. The summed E-state index contributed by atoms with van der Waals surface area (Å²) in [5.74, 6) is 0.275. The van der Waals surface area contributed by atoms with Crippen LogP contribution in [0.15, 0.2) is 30.6 Å². The summed E-state index contributed by atoms with van der Waals surface area (Å²) >= 11 is 0. The molecule has 0 spiro atoms. The molecule has 0 aliphatic carbocycles. The Morgan fingerprint density at radius 3 is 2.95 bits per heavy atom. The second-order valence-electron chi connectivity index (χ2n) is 5.59. The number of nitrogens with zero attached hydrogens (tertiary/aromatic N) is 3. The van der Waals surface area contributed by atoms with Crippen molar-refractivity contribution in [1.29, 1.82) is 0 Å². The number of carbonyl (C=O) groups excluding carboxylic acids is 2. The van der Waals surface area contributed by atoms with Crippen molar-refractivity contribution in [3.63, 3.8) is 0 Å². The summed E-state index contributed by atoms with van der Waals surface area (Å²) in [4.78, 5) is 29.5. The lowest BCUT2D eigenvalue weighted by Crippen LogP contribution is -2.40.